The van der Waals surface area contributed by atoms with Crippen LogP contribution in [0.3, 0.4) is 0 Å². The summed E-state index contributed by atoms with van der Waals surface area (Å²) in [5, 5.41) is 10.7. The standard InChI is InChI=1S/C7H4Br2F2N2O2/c8-2-4-6(13(14)15)3(7(10)11)1-5(9)12-4/h1,7H,2H2. The fourth-order valence-electron chi connectivity index (χ4n) is 1.05. The zero-order chi connectivity index (χ0) is 11.6. The lowest BCUT2D eigenvalue weighted by Gasteiger charge is -2.05. The Morgan fingerprint density at radius 3 is 2.60 bits per heavy atom. The van der Waals surface area contributed by atoms with Crippen LogP contribution in [0.4, 0.5) is 14.5 Å². The first-order valence-electron chi connectivity index (χ1n) is 3.65. The number of halogens is 4. The van der Waals surface area contributed by atoms with Crippen LogP contribution < -0.4 is 0 Å². The Morgan fingerprint density at radius 1 is 1.60 bits per heavy atom. The van der Waals surface area contributed by atoms with E-state index in [1.54, 1.807) is 0 Å². The Hall–Kier alpha value is -0.630. The van der Waals surface area contributed by atoms with Crippen LogP contribution in [0.5, 0.6) is 0 Å². The molecule has 1 aromatic heterocycles. The largest absolute Gasteiger partial charge is 0.300 e. The first-order valence-corrected chi connectivity index (χ1v) is 5.56. The predicted molar refractivity (Wildman–Crippen MR) is 56.2 cm³/mol. The quantitative estimate of drug-likeness (QED) is 0.364. The van der Waals surface area contributed by atoms with Crippen LogP contribution in [0.15, 0.2) is 10.7 Å². The SMILES string of the molecule is O=[N+]([O-])c1c(C(F)F)cc(Br)nc1CBr. The Labute approximate surface area is 100 Å². The zero-order valence-corrected chi connectivity index (χ0v) is 10.3. The van der Waals surface area contributed by atoms with Crippen LogP contribution >= 0.6 is 31.9 Å². The van der Waals surface area contributed by atoms with Crippen molar-refractivity contribution < 1.29 is 13.7 Å². The molecule has 0 unspecified atom stereocenters. The molecular formula is C7H4Br2F2N2O2. The van der Waals surface area contributed by atoms with Gasteiger partial charge in [0.2, 0.25) is 0 Å². The summed E-state index contributed by atoms with van der Waals surface area (Å²) in [6, 6.07) is 0.953. The lowest BCUT2D eigenvalue weighted by atomic mass is 10.2. The van der Waals surface area contributed by atoms with E-state index < -0.39 is 22.6 Å². The highest BCUT2D eigenvalue weighted by Gasteiger charge is 2.27. The van der Waals surface area contributed by atoms with Gasteiger partial charge in [0.15, 0.2) is 0 Å². The molecule has 0 radical (unpaired) electrons. The molecule has 0 amide bonds. The van der Waals surface area contributed by atoms with Crippen molar-refractivity contribution in [3.05, 3.63) is 32.0 Å². The zero-order valence-electron chi connectivity index (χ0n) is 7.08. The molecule has 0 fully saturated rings. The Kier molecular flexibility index (Phi) is 4.09. The number of hydrogen-bond acceptors (Lipinski definition) is 3. The van der Waals surface area contributed by atoms with E-state index in [0.29, 0.717) is 0 Å². The van der Waals surface area contributed by atoms with E-state index in [1.807, 2.05) is 0 Å². The predicted octanol–water partition coefficient (Wildman–Crippen LogP) is 3.58. The molecule has 0 spiro atoms. The maximum atomic E-state index is 12.5. The summed E-state index contributed by atoms with van der Waals surface area (Å²) in [6.45, 7) is 0. The van der Waals surface area contributed by atoms with E-state index in [9.17, 15) is 18.9 Å². The minimum Gasteiger partial charge on any atom is -0.258 e. The van der Waals surface area contributed by atoms with Gasteiger partial charge in [0, 0.05) is 0 Å². The molecule has 4 nitrogen and oxygen atoms in total. The van der Waals surface area contributed by atoms with Crippen LogP contribution in [-0.2, 0) is 5.33 Å². The average molecular weight is 346 g/mol. The van der Waals surface area contributed by atoms with Gasteiger partial charge < -0.3 is 0 Å². The maximum absolute atomic E-state index is 12.5. The van der Waals surface area contributed by atoms with E-state index in [4.69, 9.17) is 0 Å². The molecule has 15 heavy (non-hydrogen) atoms. The summed E-state index contributed by atoms with van der Waals surface area (Å²) in [5.74, 6) is 0. The van der Waals surface area contributed by atoms with Gasteiger partial charge in [-0.1, -0.05) is 15.9 Å². The summed E-state index contributed by atoms with van der Waals surface area (Å²) < 4.78 is 25.2. The highest BCUT2D eigenvalue weighted by Crippen LogP contribution is 2.33. The summed E-state index contributed by atoms with van der Waals surface area (Å²) in [6.07, 6.45) is -2.90. The van der Waals surface area contributed by atoms with E-state index in [0.717, 1.165) is 6.07 Å². The monoisotopic (exact) mass is 344 g/mol. The van der Waals surface area contributed by atoms with E-state index in [1.165, 1.54) is 0 Å². The molecule has 0 aromatic carbocycles. The van der Waals surface area contributed by atoms with Crippen LogP contribution in [-0.4, -0.2) is 9.91 Å². The van der Waals surface area contributed by atoms with Crippen molar-refractivity contribution in [1.29, 1.82) is 0 Å². The third-order valence-electron chi connectivity index (χ3n) is 1.61. The van der Waals surface area contributed by atoms with Crippen LogP contribution in [0.1, 0.15) is 17.7 Å². The summed E-state index contributed by atoms with van der Waals surface area (Å²) in [4.78, 5) is 13.5. The van der Waals surface area contributed by atoms with Gasteiger partial charge in [-0.25, -0.2) is 13.8 Å². The first kappa shape index (κ1) is 12.4. The minimum atomic E-state index is -2.90. The number of nitrogens with zero attached hydrogens (tertiary/aromatic N) is 2. The molecule has 0 aliphatic rings. The molecule has 1 rings (SSSR count). The van der Waals surface area contributed by atoms with Crippen LogP contribution in [0, 0.1) is 10.1 Å². The fourth-order valence-corrected chi connectivity index (χ4v) is 1.90. The van der Waals surface area contributed by atoms with Crippen molar-refractivity contribution in [3.8, 4) is 0 Å². The molecule has 1 aromatic rings. The van der Waals surface area contributed by atoms with Crippen molar-refractivity contribution in [2.24, 2.45) is 0 Å². The molecular weight excluding hydrogens is 342 g/mol. The highest BCUT2D eigenvalue weighted by atomic mass is 79.9. The van der Waals surface area contributed by atoms with Crippen molar-refractivity contribution >= 4 is 37.5 Å². The summed E-state index contributed by atoms with van der Waals surface area (Å²) in [5.41, 5.74) is -1.29. The Balaban J connectivity index is 3.47. The molecule has 0 bridgehead atoms. The lowest BCUT2D eigenvalue weighted by Crippen LogP contribution is -2.02. The van der Waals surface area contributed by atoms with Gasteiger partial charge in [-0.3, -0.25) is 10.1 Å². The number of aromatic nitrogens is 1. The maximum Gasteiger partial charge on any atom is 0.300 e. The molecule has 0 N–H and O–H groups in total. The number of nitro groups is 1. The number of alkyl halides is 3. The molecule has 0 saturated carbocycles. The number of rotatable bonds is 3. The number of hydrogen-bond donors (Lipinski definition) is 0. The normalized spacial score (nSPS) is 10.7. The molecule has 0 aliphatic carbocycles. The van der Waals surface area contributed by atoms with Gasteiger partial charge in [0.25, 0.3) is 6.43 Å². The average Bonchev–Trinajstić information content (AvgIpc) is 2.15. The van der Waals surface area contributed by atoms with Gasteiger partial charge in [-0.15, -0.1) is 0 Å². The van der Waals surface area contributed by atoms with Gasteiger partial charge >= 0.3 is 5.69 Å². The van der Waals surface area contributed by atoms with Gasteiger partial charge in [0.05, 0.1) is 10.3 Å². The van der Waals surface area contributed by atoms with Crippen molar-refractivity contribution in [2.45, 2.75) is 11.8 Å². The Bertz CT molecular complexity index is 401. The minimum absolute atomic E-state index is 0.0234. The topological polar surface area (TPSA) is 56.0 Å². The fraction of sp³-hybridized carbons (Fsp3) is 0.286. The molecule has 1 heterocycles. The second kappa shape index (κ2) is 4.93. The molecule has 82 valence electrons. The number of pyridine rings is 1. The second-order valence-corrected chi connectivity index (χ2v) is 3.89. The molecule has 0 atom stereocenters. The third-order valence-corrected chi connectivity index (χ3v) is 2.54. The lowest BCUT2D eigenvalue weighted by molar-refractivity contribution is -0.387. The van der Waals surface area contributed by atoms with Gasteiger partial charge in [-0.2, -0.15) is 0 Å². The Morgan fingerprint density at radius 2 is 2.20 bits per heavy atom. The van der Waals surface area contributed by atoms with E-state index in [-0.39, 0.29) is 15.6 Å². The molecule has 8 heteroatoms. The van der Waals surface area contributed by atoms with Crippen molar-refractivity contribution in [2.75, 3.05) is 0 Å². The molecule has 0 aliphatic heterocycles. The van der Waals surface area contributed by atoms with Gasteiger partial charge in [-0.05, 0) is 22.0 Å². The van der Waals surface area contributed by atoms with E-state index in [2.05, 4.69) is 36.8 Å². The van der Waals surface area contributed by atoms with E-state index >= 15 is 0 Å². The molecule has 0 saturated heterocycles. The summed E-state index contributed by atoms with van der Waals surface area (Å²) in [7, 11) is 0. The van der Waals surface area contributed by atoms with Crippen molar-refractivity contribution in [1.82, 2.24) is 4.98 Å². The van der Waals surface area contributed by atoms with Crippen LogP contribution in [0.25, 0.3) is 0 Å². The van der Waals surface area contributed by atoms with Crippen LogP contribution in [0.2, 0.25) is 0 Å². The highest BCUT2D eigenvalue weighted by molar-refractivity contribution is 9.10. The smallest absolute Gasteiger partial charge is 0.258 e. The summed E-state index contributed by atoms with van der Waals surface area (Å²) >= 11 is 5.88. The first-order chi connectivity index (χ1) is 6.97. The second-order valence-electron chi connectivity index (χ2n) is 2.52. The van der Waals surface area contributed by atoms with Gasteiger partial charge in [0.1, 0.15) is 15.9 Å². The third kappa shape index (κ3) is 2.69. The van der Waals surface area contributed by atoms with Crippen molar-refractivity contribution in [3.63, 3.8) is 0 Å².